The van der Waals surface area contributed by atoms with Crippen molar-refractivity contribution in [2.24, 2.45) is 0 Å². The second kappa shape index (κ2) is 10.5. The molecule has 2 aromatic carbocycles. The number of fused-ring (bicyclic) bond motifs is 2. The van der Waals surface area contributed by atoms with Gasteiger partial charge in [0.05, 0.1) is 5.52 Å². The summed E-state index contributed by atoms with van der Waals surface area (Å²) in [5.74, 6) is 1.64. The molecule has 39 heavy (non-hydrogen) atoms. The number of nitrogens with zero attached hydrogens (tertiary/aromatic N) is 6. The molecular formula is C29H28N8O2. The third-order valence-corrected chi connectivity index (χ3v) is 6.86. The van der Waals surface area contributed by atoms with E-state index in [-0.39, 0.29) is 5.91 Å². The van der Waals surface area contributed by atoms with Gasteiger partial charge in [-0.3, -0.25) is 14.1 Å². The quantitative estimate of drug-likeness (QED) is 0.285. The molecule has 1 atom stereocenters. The van der Waals surface area contributed by atoms with Gasteiger partial charge >= 0.3 is 0 Å². The molecule has 196 valence electrons. The molecule has 1 fully saturated rings. The molecule has 1 saturated heterocycles. The van der Waals surface area contributed by atoms with Crippen LogP contribution in [0.15, 0.2) is 79.7 Å². The zero-order valence-electron chi connectivity index (χ0n) is 21.7. The maximum Gasteiger partial charge on any atom is 0.248 e. The van der Waals surface area contributed by atoms with Crippen LogP contribution in [0.25, 0.3) is 16.6 Å². The molecule has 0 bridgehead atoms. The van der Waals surface area contributed by atoms with Crippen molar-refractivity contribution in [1.29, 1.82) is 0 Å². The van der Waals surface area contributed by atoms with Gasteiger partial charge in [-0.2, -0.15) is 0 Å². The summed E-state index contributed by atoms with van der Waals surface area (Å²) in [5.41, 5.74) is 3.98. The van der Waals surface area contributed by atoms with Crippen LogP contribution in [0.1, 0.15) is 18.4 Å². The van der Waals surface area contributed by atoms with Gasteiger partial charge in [0.25, 0.3) is 0 Å². The number of amides is 1. The smallest absolute Gasteiger partial charge is 0.248 e. The van der Waals surface area contributed by atoms with Crippen LogP contribution in [-0.2, 0) is 4.79 Å². The largest absolute Gasteiger partial charge is 0.439 e. The lowest BCUT2D eigenvalue weighted by Gasteiger charge is -2.14. The molecule has 10 heteroatoms. The molecule has 1 aliphatic heterocycles. The van der Waals surface area contributed by atoms with Crippen LogP contribution < -0.4 is 15.4 Å². The maximum absolute atomic E-state index is 12.6. The van der Waals surface area contributed by atoms with E-state index in [0.717, 1.165) is 47.2 Å². The van der Waals surface area contributed by atoms with E-state index < -0.39 is 0 Å². The Bertz CT molecular complexity index is 1700. The first kappa shape index (κ1) is 24.5. The first-order valence-electron chi connectivity index (χ1n) is 12.8. The lowest BCUT2D eigenvalue weighted by Crippen LogP contribution is -2.23. The number of hydrogen-bond acceptors (Lipinski definition) is 8. The van der Waals surface area contributed by atoms with Gasteiger partial charge in [-0.25, -0.2) is 19.9 Å². The highest BCUT2D eigenvalue weighted by molar-refractivity contribution is 6.02. The molecule has 10 nitrogen and oxygen atoms in total. The summed E-state index contributed by atoms with van der Waals surface area (Å²) < 4.78 is 7.83. The molecule has 1 aliphatic rings. The highest BCUT2D eigenvalue weighted by Crippen LogP contribution is 2.30. The summed E-state index contributed by atoms with van der Waals surface area (Å²) in [6, 6.07) is 13.5. The Morgan fingerprint density at radius 1 is 1.08 bits per heavy atom. The summed E-state index contributed by atoms with van der Waals surface area (Å²) in [7, 11) is 2.08. The van der Waals surface area contributed by atoms with Gasteiger partial charge in [-0.05, 0) is 75.3 Å². The Labute approximate surface area is 225 Å². The van der Waals surface area contributed by atoms with E-state index in [9.17, 15) is 4.79 Å². The Kier molecular flexibility index (Phi) is 6.60. The third-order valence-electron chi connectivity index (χ3n) is 6.86. The predicted octanol–water partition coefficient (Wildman–Crippen LogP) is 5.11. The van der Waals surface area contributed by atoms with E-state index >= 15 is 0 Å². The van der Waals surface area contributed by atoms with Crippen molar-refractivity contribution in [3.8, 4) is 11.6 Å². The van der Waals surface area contributed by atoms with Crippen molar-refractivity contribution in [3.63, 3.8) is 0 Å². The fourth-order valence-electron chi connectivity index (χ4n) is 4.74. The van der Waals surface area contributed by atoms with Crippen LogP contribution in [0.3, 0.4) is 0 Å². The average Bonchev–Trinajstić information content (AvgIpc) is 3.57. The number of ether oxygens (including phenoxy) is 1. The molecule has 3 aromatic heterocycles. The Morgan fingerprint density at radius 2 is 1.97 bits per heavy atom. The highest BCUT2D eigenvalue weighted by atomic mass is 16.5. The van der Waals surface area contributed by atoms with Gasteiger partial charge in [0, 0.05) is 47.3 Å². The van der Waals surface area contributed by atoms with Crippen LogP contribution in [0, 0.1) is 6.92 Å². The highest BCUT2D eigenvalue weighted by Gasteiger charge is 2.18. The van der Waals surface area contributed by atoms with Crippen molar-refractivity contribution in [2.45, 2.75) is 25.8 Å². The minimum Gasteiger partial charge on any atom is -0.439 e. The van der Waals surface area contributed by atoms with Gasteiger partial charge in [-0.15, -0.1) is 0 Å². The van der Waals surface area contributed by atoms with Crippen LogP contribution in [0.2, 0.25) is 0 Å². The average molecular weight is 521 g/mol. The molecule has 4 heterocycles. The van der Waals surface area contributed by atoms with Crippen LogP contribution in [-0.4, -0.2) is 54.8 Å². The zero-order chi connectivity index (χ0) is 26.8. The van der Waals surface area contributed by atoms with Crippen molar-refractivity contribution in [3.05, 3.63) is 85.2 Å². The molecule has 2 N–H and O–H groups in total. The molecule has 6 rings (SSSR count). The number of aromatic nitrogens is 5. The Balaban J connectivity index is 1.18. The number of aryl methyl sites for hydroxylation is 1. The van der Waals surface area contributed by atoms with Crippen molar-refractivity contribution in [2.75, 3.05) is 24.2 Å². The van der Waals surface area contributed by atoms with E-state index in [1.54, 1.807) is 24.7 Å². The fraction of sp³-hybridized carbons (Fsp3) is 0.207. The number of likely N-dealkylation sites (N-methyl/N-ethyl adjacent to an activating group) is 1. The number of rotatable bonds is 7. The molecule has 0 aliphatic carbocycles. The minimum absolute atomic E-state index is 0.159. The van der Waals surface area contributed by atoms with E-state index in [1.165, 1.54) is 6.33 Å². The van der Waals surface area contributed by atoms with E-state index in [4.69, 9.17) is 4.74 Å². The molecule has 1 amide bonds. The minimum atomic E-state index is -0.159. The number of hydrogen-bond donors (Lipinski definition) is 2. The number of nitrogens with one attached hydrogen (secondary N) is 2. The van der Waals surface area contributed by atoms with E-state index in [1.807, 2.05) is 60.0 Å². The fourth-order valence-corrected chi connectivity index (χ4v) is 4.74. The summed E-state index contributed by atoms with van der Waals surface area (Å²) >= 11 is 0. The second-order valence-corrected chi connectivity index (χ2v) is 9.62. The van der Waals surface area contributed by atoms with E-state index in [0.29, 0.717) is 29.2 Å². The van der Waals surface area contributed by atoms with Crippen molar-refractivity contribution < 1.29 is 9.53 Å². The summed E-state index contributed by atoms with van der Waals surface area (Å²) in [6.45, 7) is 3.03. The molecule has 0 spiro atoms. The number of likely N-dealkylation sites (tertiary alicyclic amines) is 1. The topological polar surface area (TPSA) is 110 Å². The standard InChI is InChI=1S/C29H28N8O2/c1-19-14-20(6-9-25(19)39-28-16-26-30-11-13-37(26)18-33-28)35-29-23-15-21(5-8-24(23)31-17-32-29)34-27(38)10-7-22-4-3-12-36(22)2/h5-11,13-18,22H,3-4,12H2,1-2H3,(H,34,38)(H,31,32,35)/b10-7+/t22-/m1/s1. The number of carbonyl (C=O) groups is 1. The van der Waals surface area contributed by atoms with Gasteiger partial charge in [0.2, 0.25) is 11.8 Å². The zero-order valence-corrected chi connectivity index (χ0v) is 21.7. The first-order valence-corrected chi connectivity index (χ1v) is 12.8. The number of anilines is 3. The molecular weight excluding hydrogens is 492 g/mol. The number of imidazole rings is 1. The van der Waals surface area contributed by atoms with Crippen LogP contribution in [0.5, 0.6) is 11.6 Å². The van der Waals surface area contributed by atoms with Crippen molar-refractivity contribution in [1.82, 2.24) is 29.2 Å². The Hall–Kier alpha value is -4.83. The van der Waals surface area contributed by atoms with Gasteiger partial charge in [0.1, 0.15) is 29.9 Å². The van der Waals surface area contributed by atoms with Gasteiger partial charge < -0.3 is 15.4 Å². The summed E-state index contributed by atoms with van der Waals surface area (Å²) in [5, 5.41) is 7.13. The van der Waals surface area contributed by atoms with Gasteiger partial charge in [-0.1, -0.05) is 6.08 Å². The first-order chi connectivity index (χ1) is 19.0. The lowest BCUT2D eigenvalue weighted by atomic mass is 10.1. The molecule has 0 radical (unpaired) electrons. The van der Waals surface area contributed by atoms with E-state index in [2.05, 4.69) is 42.5 Å². The maximum atomic E-state index is 12.6. The molecule has 0 unspecified atom stereocenters. The monoisotopic (exact) mass is 520 g/mol. The number of benzene rings is 2. The number of carbonyl (C=O) groups excluding carboxylic acids is 1. The lowest BCUT2D eigenvalue weighted by molar-refractivity contribution is -0.111. The third kappa shape index (κ3) is 5.41. The SMILES string of the molecule is Cc1cc(Nc2ncnc3ccc(NC(=O)/C=C/[C@H]4CCCN4C)cc23)ccc1Oc1cc2nccn2cn1. The normalized spacial score (nSPS) is 15.8. The summed E-state index contributed by atoms with van der Waals surface area (Å²) in [4.78, 5) is 32.3. The van der Waals surface area contributed by atoms with Crippen LogP contribution >= 0.6 is 0 Å². The van der Waals surface area contributed by atoms with Crippen molar-refractivity contribution >= 4 is 39.6 Å². The predicted molar refractivity (Wildman–Crippen MR) is 150 cm³/mol. The Morgan fingerprint density at radius 3 is 2.82 bits per heavy atom. The molecule has 5 aromatic rings. The molecule has 0 saturated carbocycles. The van der Waals surface area contributed by atoms with Gasteiger partial charge in [0.15, 0.2) is 0 Å². The summed E-state index contributed by atoms with van der Waals surface area (Å²) in [6.07, 6.45) is 12.6. The van der Waals surface area contributed by atoms with Crippen LogP contribution in [0.4, 0.5) is 17.2 Å². The second-order valence-electron chi connectivity index (χ2n) is 9.62.